The highest BCUT2D eigenvalue weighted by atomic mass is 32.2. The Kier molecular flexibility index (Phi) is 4.04. The molecule has 25 heavy (non-hydrogen) atoms. The highest BCUT2D eigenvalue weighted by Crippen LogP contribution is 2.41. The quantitative estimate of drug-likeness (QED) is 0.515. The van der Waals surface area contributed by atoms with Gasteiger partial charge in [0.25, 0.3) is 10.1 Å². The average molecular weight is 370 g/mol. The molecular weight excluding hydrogens is 360 g/mol. The van der Waals surface area contributed by atoms with E-state index in [1.807, 2.05) is 0 Å². The summed E-state index contributed by atoms with van der Waals surface area (Å²) in [7, 11) is -4.87. The zero-order valence-corrected chi connectivity index (χ0v) is 13.2. The number of halogens is 4. The molecule has 0 amide bonds. The fourth-order valence-corrected chi connectivity index (χ4v) is 3.39. The van der Waals surface area contributed by atoms with E-state index in [1.54, 1.807) is 6.07 Å². The first-order valence-electron chi connectivity index (χ1n) is 6.96. The minimum Gasteiger partial charge on any atom is -0.282 e. The van der Waals surface area contributed by atoms with Crippen LogP contribution in [0.4, 0.5) is 17.6 Å². The predicted molar refractivity (Wildman–Crippen MR) is 84.2 cm³/mol. The van der Waals surface area contributed by atoms with Gasteiger partial charge in [0.1, 0.15) is 10.7 Å². The van der Waals surface area contributed by atoms with Crippen molar-refractivity contribution in [1.82, 2.24) is 0 Å². The Labute approximate surface area is 140 Å². The van der Waals surface area contributed by atoms with Crippen molar-refractivity contribution in [2.24, 2.45) is 0 Å². The van der Waals surface area contributed by atoms with Crippen molar-refractivity contribution < 1.29 is 30.5 Å². The van der Waals surface area contributed by atoms with Gasteiger partial charge in [-0.1, -0.05) is 42.5 Å². The van der Waals surface area contributed by atoms with Crippen molar-refractivity contribution in [3.8, 4) is 11.1 Å². The van der Waals surface area contributed by atoms with Gasteiger partial charge in [0.15, 0.2) is 0 Å². The third kappa shape index (κ3) is 3.10. The van der Waals surface area contributed by atoms with Gasteiger partial charge >= 0.3 is 6.18 Å². The maximum Gasteiger partial charge on any atom is 0.417 e. The molecule has 0 spiro atoms. The molecule has 0 atom stereocenters. The van der Waals surface area contributed by atoms with E-state index >= 15 is 0 Å². The highest BCUT2D eigenvalue weighted by Gasteiger charge is 2.35. The van der Waals surface area contributed by atoms with Crippen molar-refractivity contribution in [2.45, 2.75) is 11.1 Å². The summed E-state index contributed by atoms with van der Waals surface area (Å²) in [5.41, 5.74) is -1.48. The van der Waals surface area contributed by atoms with Crippen LogP contribution in [0.25, 0.3) is 21.9 Å². The van der Waals surface area contributed by atoms with Crippen LogP contribution < -0.4 is 0 Å². The Balaban J connectivity index is 2.55. The monoisotopic (exact) mass is 370 g/mol. The molecule has 130 valence electrons. The molecule has 3 nitrogen and oxygen atoms in total. The zero-order chi connectivity index (χ0) is 18.4. The third-order valence-corrected chi connectivity index (χ3v) is 4.62. The Hall–Kier alpha value is -2.45. The standard InChI is InChI=1S/C17H10F4O3S/c18-16-12(10-5-2-1-3-6-10)9-14(25(22,23)24)11-7-4-8-13(15(11)16)17(19,20)21/h1-9H,(H,22,23,24). The van der Waals surface area contributed by atoms with E-state index in [2.05, 4.69) is 0 Å². The predicted octanol–water partition coefficient (Wildman–Crippen LogP) is 4.91. The van der Waals surface area contributed by atoms with Gasteiger partial charge in [-0.15, -0.1) is 0 Å². The van der Waals surface area contributed by atoms with E-state index in [4.69, 9.17) is 0 Å². The number of fused-ring (bicyclic) bond motifs is 1. The van der Waals surface area contributed by atoms with Crippen molar-refractivity contribution >= 4 is 20.9 Å². The summed E-state index contributed by atoms with van der Waals surface area (Å²) >= 11 is 0. The van der Waals surface area contributed by atoms with E-state index in [0.717, 1.165) is 18.2 Å². The highest BCUT2D eigenvalue weighted by molar-refractivity contribution is 7.86. The normalized spacial score (nSPS) is 12.5. The fraction of sp³-hybridized carbons (Fsp3) is 0.0588. The first-order chi connectivity index (χ1) is 11.6. The van der Waals surface area contributed by atoms with Crippen molar-refractivity contribution in [3.05, 3.63) is 66.0 Å². The molecule has 0 saturated heterocycles. The summed E-state index contributed by atoms with van der Waals surface area (Å²) < 4.78 is 87.5. The Morgan fingerprint density at radius 1 is 0.920 bits per heavy atom. The van der Waals surface area contributed by atoms with Crippen LogP contribution in [-0.2, 0) is 16.3 Å². The lowest BCUT2D eigenvalue weighted by Gasteiger charge is -2.15. The second-order valence-electron chi connectivity index (χ2n) is 5.30. The Morgan fingerprint density at radius 2 is 1.56 bits per heavy atom. The summed E-state index contributed by atoms with van der Waals surface area (Å²) in [6, 6.07) is 11.0. The number of rotatable bonds is 2. The van der Waals surface area contributed by atoms with Gasteiger partial charge in [0, 0.05) is 16.3 Å². The SMILES string of the molecule is O=S(=O)(O)c1cc(-c2ccccc2)c(F)c2c(C(F)(F)F)cccc12. The largest absolute Gasteiger partial charge is 0.417 e. The Morgan fingerprint density at radius 3 is 2.12 bits per heavy atom. The minimum absolute atomic E-state index is 0.184. The first kappa shape index (κ1) is 17.4. The molecule has 0 radical (unpaired) electrons. The van der Waals surface area contributed by atoms with E-state index < -0.39 is 43.3 Å². The minimum atomic E-state index is -4.90. The van der Waals surface area contributed by atoms with Gasteiger partial charge in [0.2, 0.25) is 0 Å². The molecule has 0 heterocycles. The maximum absolute atomic E-state index is 14.9. The average Bonchev–Trinajstić information content (AvgIpc) is 2.53. The number of hydrogen-bond donors (Lipinski definition) is 1. The van der Waals surface area contributed by atoms with Gasteiger partial charge in [-0.05, 0) is 17.7 Å². The second kappa shape index (κ2) is 5.82. The van der Waals surface area contributed by atoms with Crippen LogP contribution in [0.15, 0.2) is 59.5 Å². The lowest BCUT2D eigenvalue weighted by Crippen LogP contribution is -2.09. The van der Waals surface area contributed by atoms with Crippen LogP contribution in [0, 0.1) is 5.82 Å². The van der Waals surface area contributed by atoms with E-state index in [1.165, 1.54) is 24.3 Å². The summed E-state index contributed by atoms with van der Waals surface area (Å²) in [5.74, 6) is -1.21. The van der Waals surface area contributed by atoms with Crippen LogP contribution in [0.3, 0.4) is 0 Å². The number of alkyl halides is 3. The molecule has 0 aliphatic heterocycles. The summed E-state index contributed by atoms with van der Waals surface area (Å²) in [6.45, 7) is 0. The molecule has 3 rings (SSSR count). The van der Waals surface area contributed by atoms with Crippen molar-refractivity contribution in [3.63, 3.8) is 0 Å². The van der Waals surface area contributed by atoms with Crippen LogP contribution in [0.2, 0.25) is 0 Å². The zero-order valence-electron chi connectivity index (χ0n) is 12.4. The number of hydrogen-bond acceptors (Lipinski definition) is 2. The van der Waals surface area contributed by atoms with Gasteiger partial charge in [-0.2, -0.15) is 21.6 Å². The van der Waals surface area contributed by atoms with Crippen molar-refractivity contribution in [1.29, 1.82) is 0 Å². The fourth-order valence-electron chi connectivity index (χ4n) is 2.68. The van der Waals surface area contributed by atoms with E-state index in [9.17, 15) is 30.5 Å². The van der Waals surface area contributed by atoms with Gasteiger partial charge in [-0.3, -0.25) is 4.55 Å². The molecule has 8 heteroatoms. The van der Waals surface area contributed by atoms with Gasteiger partial charge < -0.3 is 0 Å². The molecule has 3 aromatic rings. The van der Waals surface area contributed by atoms with Crippen LogP contribution in [0.1, 0.15) is 5.56 Å². The molecule has 0 unspecified atom stereocenters. The molecular formula is C17H10F4O3S. The summed E-state index contributed by atoms with van der Waals surface area (Å²) in [4.78, 5) is -0.783. The van der Waals surface area contributed by atoms with Crippen LogP contribution in [0.5, 0.6) is 0 Å². The Bertz CT molecular complexity index is 1060. The van der Waals surface area contributed by atoms with Crippen LogP contribution >= 0.6 is 0 Å². The molecule has 1 N–H and O–H groups in total. The lowest BCUT2D eigenvalue weighted by molar-refractivity contribution is -0.136. The van der Waals surface area contributed by atoms with Gasteiger partial charge in [-0.25, -0.2) is 4.39 Å². The molecule has 0 aliphatic rings. The van der Waals surface area contributed by atoms with Crippen molar-refractivity contribution in [2.75, 3.05) is 0 Å². The third-order valence-electron chi connectivity index (χ3n) is 3.73. The van der Waals surface area contributed by atoms with Crippen LogP contribution in [-0.4, -0.2) is 13.0 Å². The number of benzene rings is 3. The van der Waals surface area contributed by atoms with E-state index in [0.29, 0.717) is 6.07 Å². The molecule has 0 aromatic heterocycles. The van der Waals surface area contributed by atoms with Gasteiger partial charge in [0.05, 0.1) is 5.56 Å². The molecule has 0 bridgehead atoms. The summed E-state index contributed by atoms with van der Waals surface area (Å²) in [5, 5.41) is -1.43. The first-order valence-corrected chi connectivity index (χ1v) is 8.40. The molecule has 0 saturated carbocycles. The lowest BCUT2D eigenvalue weighted by atomic mass is 9.97. The molecule has 3 aromatic carbocycles. The summed E-state index contributed by atoms with van der Waals surface area (Å²) in [6.07, 6.45) is -4.90. The molecule has 0 aliphatic carbocycles. The smallest absolute Gasteiger partial charge is 0.282 e. The second-order valence-corrected chi connectivity index (χ2v) is 6.69. The molecule has 0 fully saturated rings. The topological polar surface area (TPSA) is 54.4 Å². The maximum atomic E-state index is 14.9. The van der Waals surface area contributed by atoms with E-state index in [-0.39, 0.29) is 11.1 Å².